The first kappa shape index (κ1) is 29.2. The summed E-state index contributed by atoms with van der Waals surface area (Å²) in [6.07, 6.45) is 8.87. The lowest BCUT2D eigenvalue weighted by Gasteiger charge is -2.26. The number of nitrogens with two attached hydrogens (primary N) is 1. The Morgan fingerprint density at radius 3 is 2.57 bits per heavy atom. The second kappa shape index (κ2) is 13.1. The minimum Gasteiger partial charge on any atom is -0.493 e. The summed E-state index contributed by atoms with van der Waals surface area (Å²) >= 11 is 12.0. The van der Waals surface area contributed by atoms with Crippen molar-refractivity contribution in [3.8, 4) is 34.6 Å². The van der Waals surface area contributed by atoms with Crippen LogP contribution in [0.1, 0.15) is 32.1 Å². The maximum atomic E-state index is 11.9. The van der Waals surface area contributed by atoms with E-state index >= 15 is 0 Å². The number of nitriles is 1. The molecule has 0 spiro atoms. The van der Waals surface area contributed by atoms with Gasteiger partial charge < -0.3 is 20.1 Å². The number of allylic oxidation sites excluding steroid dienone is 1. The summed E-state index contributed by atoms with van der Waals surface area (Å²) in [6.45, 7) is 1.64. The molecule has 2 aromatic heterocycles. The second-order valence-electron chi connectivity index (χ2n) is 9.98. The van der Waals surface area contributed by atoms with Gasteiger partial charge in [0.25, 0.3) is 5.91 Å². The second-order valence-corrected chi connectivity index (χ2v) is 10.8. The minimum atomic E-state index is -0.0518. The molecule has 0 unspecified atom stereocenters. The number of aromatic nitrogens is 4. The van der Waals surface area contributed by atoms with Crippen LogP contribution in [-0.2, 0) is 4.79 Å². The van der Waals surface area contributed by atoms with Crippen LogP contribution in [0, 0.1) is 17.2 Å². The van der Waals surface area contributed by atoms with E-state index in [1.165, 1.54) is 12.7 Å². The molecule has 1 amide bonds. The van der Waals surface area contributed by atoms with E-state index in [4.69, 9.17) is 43.7 Å². The summed E-state index contributed by atoms with van der Waals surface area (Å²) in [5.41, 5.74) is 8.33. The van der Waals surface area contributed by atoms with E-state index in [-0.39, 0.29) is 5.91 Å². The summed E-state index contributed by atoms with van der Waals surface area (Å²) in [5, 5.41) is 17.6. The molecule has 2 fully saturated rings. The number of piperidine rings is 1. The third-order valence-corrected chi connectivity index (χ3v) is 7.71. The average Bonchev–Trinajstić information content (AvgIpc) is 3.73. The number of nitrogen functional groups attached to an aromatic ring is 1. The summed E-state index contributed by atoms with van der Waals surface area (Å²) in [7, 11) is 1.56. The van der Waals surface area contributed by atoms with Crippen LogP contribution in [-0.4, -0.2) is 51.2 Å². The summed E-state index contributed by atoms with van der Waals surface area (Å²) in [4.78, 5) is 21.9. The van der Waals surface area contributed by atoms with Crippen molar-refractivity contribution in [2.45, 2.75) is 32.1 Å². The Bertz CT molecular complexity index is 1670. The normalized spacial score (nSPS) is 15.0. The highest BCUT2D eigenvalue weighted by molar-refractivity contribution is 6.42. The van der Waals surface area contributed by atoms with Crippen LogP contribution in [0.25, 0.3) is 22.3 Å². The van der Waals surface area contributed by atoms with Gasteiger partial charge in [-0.3, -0.25) is 9.89 Å². The number of nitrogens with one attached hydrogen (secondary N) is 1. The molecule has 0 atom stereocenters. The fourth-order valence-corrected chi connectivity index (χ4v) is 4.87. The maximum absolute atomic E-state index is 11.9. The number of methoxy groups -OCH3 is 1. The highest BCUT2D eigenvalue weighted by atomic mass is 35.5. The Morgan fingerprint density at radius 1 is 1.10 bits per heavy atom. The third-order valence-electron chi connectivity index (χ3n) is 6.97. The van der Waals surface area contributed by atoms with Gasteiger partial charge in [-0.25, -0.2) is 9.97 Å². The number of nitrogens with zero attached hydrogens (tertiary/aromatic N) is 5. The number of fused-ring (bicyclic) bond motifs is 1. The molecule has 1 saturated carbocycles. The van der Waals surface area contributed by atoms with Crippen LogP contribution in [0.15, 0.2) is 54.4 Å². The van der Waals surface area contributed by atoms with Crippen molar-refractivity contribution in [1.29, 1.82) is 5.26 Å². The molecular formula is C30H29Cl2N7O3. The van der Waals surface area contributed by atoms with Gasteiger partial charge in [0, 0.05) is 24.7 Å². The average molecular weight is 607 g/mol. The fraction of sp³-hybridized carbons (Fsp3) is 0.300. The number of hydrogen-bond donors (Lipinski definition) is 2. The van der Waals surface area contributed by atoms with Crippen molar-refractivity contribution in [3.05, 3.63) is 64.4 Å². The van der Waals surface area contributed by atoms with Crippen LogP contribution < -0.4 is 15.2 Å². The van der Waals surface area contributed by atoms with Gasteiger partial charge in [-0.05, 0) is 68.4 Å². The van der Waals surface area contributed by atoms with Gasteiger partial charge in [-0.1, -0.05) is 29.3 Å². The van der Waals surface area contributed by atoms with Gasteiger partial charge in [0.2, 0.25) is 0 Å². The molecule has 12 heteroatoms. The molecule has 6 rings (SSSR count). The zero-order valence-corrected chi connectivity index (χ0v) is 24.5. The molecule has 3 heterocycles. The molecule has 216 valence electrons. The molecule has 10 nitrogen and oxygen atoms in total. The number of halogens is 2. The van der Waals surface area contributed by atoms with Gasteiger partial charge in [0.15, 0.2) is 17.1 Å². The topological polar surface area (TPSA) is 143 Å². The van der Waals surface area contributed by atoms with E-state index in [0.29, 0.717) is 61.3 Å². The Kier molecular flexibility index (Phi) is 9.10. The molecule has 4 aromatic rings. The molecule has 2 aliphatic rings. The zero-order chi connectivity index (χ0) is 29.6. The Morgan fingerprint density at radius 2 is 1.88 bits per heavy atom. The van der Waals surface area contributed by atoms with E-state index in [1.807, 2.05) is 29.2 Å². The number of carbonyl (C=O) groups is 1. The largest absolute Gasteiger partial charge is 0.493 e. The number of benzene rings is 2. The van der Waals surface area contributed by atoms with Gasteiger partial charge in [-0.15, -0.1) is 0 Å². The van der Waals surface area contributed by atoms with Crippen molar-refractivity contribution in [3.63, 3.8) is 0 Å². The number of carbonyl (C=O) groups excluding carboxylic acids is 1. The molecule has 0 radical (unpaired) electrons. The standard InChI is InChI=1S/C18H13Cl2N5O2.C12H16N2O/c1-26-14-6-9(16-15-17(21)22-8-23-18(15)25-24-16)2-5-13(14)27-10-3-4-11(19)12(20)7-10;13-9-11(8-10-4-5-10)12(15)14-6-2-1-3-7-14/h2-8H,1H3,(H3,21,22,23,24,25);8,10H,1-7H2/b;11-8+. The number of anilines is 1. The van der Waals surface area contributed by atoms with Crippen LogP contribution in [0.4, 0.5) is 5.82 Å². The van der Waals surface area contributed by atoms with Crippen molar-refractivity contribution in [2.75, 3.05) is 25.9 Å². The van der Waals surface area contributed by atoms with Crippen LogP contribution in [0.5, 0.6) is 17.2 Å². The summed E-state index contributed by atoms with van der Waals surface area (Å²) in [6, 6.07) is 12.5. The predicted molar refractivity (Wildman–Crippen MR) is 161 cm³/mol. The number of ether oxygens (including phenoxy) is 2. The van der Waals surface area contributed by atoms with E-state index in [2.05, 4.69) is 20.2 Å². The Balaban J connectivity index is 0.000000199. The van der Waals surface area contributed by atoms with Gasteiger partial charge in [-0.2, -0.15) is 10.4 Å². The lowest BCUT2D eigenvalue weighted by atomic mass is 10.1. The summed E-state index contributed by atoms with van der Waals surface area (Å²) < 4.78 is 11.3. The molecule has 0 bridgehead atoms. The minimum absolute atomic E-state index is 0.0518. The predicted octanol–water partition coefficient (Wildman–Crippen LogP) is 6.57. The number of rotatable bonds is 6. The van der Waals surface area contributed by atoms with Crippen molar-refractivity contribution in [1.82, 2.24) is 25.1 Å². The molecule has 1 aliphatic carbocycles. The van der Waals surface area contributed by atoms with Gasteiger partial charge >= 0.3 is 0 Å². The number of hydrogen-bond acceptors (Lipinski definition) is 8. The lowest BCUT2D eigenvalue weighted by molar-refractivity contribution is -0.127. The molecule has 1 saturated heterocycles. The van der Waals surface area contributed by atoms with E-state index in [1.54, 1.807) is 31.4 Å². The maximum Gasteiger partial charge on any atom is 0.264 e. The van der Waals surface area contributed by atoms with E-state index in [0.717, 1.165) is 44.3 Å². The van der Waals surface area contributed by atoms with Crippen molar-refractivity contribution >= 4 is 46.0 Å². The highest BCUT2D eigenvalue weighted by Gasteiger charge is 2.25. The quantitative estimate of drug-likeness (QED) is 0.185. The van der Waals surface area contributed by atoms with E-state index < -0.39 is 0 Å². The third kappa shape index (κ3) is 6.75. The molecule has 3 N–H and O–H groups in total. The Labute approximate surface area is 253 Å². The Hall–Kier alpha value is -4.33. The monoisotopic (exact) mass is 605 g/mol. The first-order valence-electron chi connectivity index (χ1n) is 13.5. The SMILES string of the molecule is COc1cc(-c2[nH]nc3ncnc(N)c23)ccc1Oc1ccc(Cl)c(Cl)c1.N#C/C(=C\C1CC1)C(=O)N1CCCCC1. The number of aromatic amines is 1. The van der Waals surface area contributed by atoms with E-state index in [9.17, 15) is 4.79 Å². The van der Waals surface area contributed by atoms with Gasteiger partial charge in [0.05, 0.1) is 28.2 Å². The van der Waals surface area contributed by atoms with Crippen molar-refractivity contribution in [2.24, 2.45) is 5.92 Å². The number of H-pyrrole nitrogens is 1. The molecule has 42 heavy (non-hydrogen) atoms. The van der Waals surface area contributed by atoms with Crippen molar-refractivity contribution < 1.29 is 14.3 Å². The fourth-order valence-electron chi connectivity index (χ4n) is 4.58. The number of likely N-dealkylation sites (tertiary alicyclic amines) is 1. The van der Waals surface area contributed by atoms with Gasteiger partial charge in [0.1, 0.15) is 29.5 Å². The molecular weight excluding hydrogens is 577 g/mol. The first-order chi connectivity index (χ1) is 20.4. The lowest BCUT2D eigenvalue weighted by Crippen LogP contribution is -2.36. The van der Waals surface area contributed by atoms with Crippen LogP contribution in [0.3, 0.4) is 0 Å². The number of amides is 1. The first-order valence-corrected chi connectivity index (χ1v) is 14.3. The highest BCUT2D eigenvalue weighted by Crippen LogP contribution is 2.38. The molecule has 1 aliphatic heterocycles. The van der Waals surface area contributed by atoms with Crippen LogP contribution >= 0.6 is 23.2 Å². The molecule has 2 aromatic carbocycles. The zero-order valence-electron chi connectivity index (χ0n) is 22.9. The summed E-state index contributed by atoms with van der Waals surface area (Å²) in [5.74, 6) is 2.38. The smallest absolute Gasteiger partial charge is 0.264 e. The van der Waals surface area contributed by atoms with Crippen LogP contribution in [0.2, 0.25) is 10.0 Å².